The smallest absolute Gasteiger partial charge is 0.235 e. The van der Waals surface area contributed by atoms with Crippen molar-refractivity contribution in [2.24, 2.45) is 5.41 Å². The SMILES string of the molecule is CC1(CNC(=O)CN2CCCS2(=O)=O)CCNCC1. The van der Waals surface area contributed by atoms with Crippen LogP contribution in [0.2, 0.25) is 0 Å². The maximum absolute atomic E-state index is 11.8. The van der Waals surface area contributed by atoms with Crippen LogP contribution in [-0.4, -0.2) is 57.1 Å². The van der Waals surface area contributed by atoms with Gasteiger partial charge in [0.25, 0.3) is 0 Å². The number of nitrogens with one attached hydrogen (secondary N) is 2. The number of nitrogens with zero attached hydrogens (tertiary/aromatic N) is 1. The van der Waals surface area contributed by atoms with Gasteiger partial charge >= 0.3 is 0 Å². The Balaban J connectivity index is 1.78. The van der Waals surface area contributed by atoms with Crippen molar-refractivity contribution >= 4 is 15.9 Å². The first-order chi connectivity index (χ1) is 8.91. The van der Waals surface area contributed by atoms with Gasteiger partial charge in [0.1, 0.15) is 0 Å². The molecule has 2 heterocycles. The summed E-state index contributed by atoms with van der Waals surface area (Å²) in [6.45, 7) is 5.19. The number of carbonyl (C=O) groups excluding carboxylic acids is 1. The molecule has 2 aliphatic rings. The maximum atomic E-state index is 11.8. The highest BCUT2D eigenvalue weighted by atomic mass is 32.2. The maximum Gasteiger partial charge on any atom is 0.235 e. The molecule has 2 aliphatic heterocycles. The Bertz CT molecular complexity index is 430. The lowest BCUT2D eigenvalue weighted by Gasteiger charge is -2.34. The third-order valence-corrected chi connectivity index (χ3v) is 5.95. The van der Waals surface area contributed by atoms with Crippen LogP contribution >= 0.6 is 0 Å². The summed E-state index contributed by atoms with van der Waals surface area (Å²) >= 11 is 0. The molecule has 0 bridgehead atoms. The normalized spacial score (nSPS) is 26.2. The van der Waals surface area contributed by atoms with Gasteiger partial charge in [-0.25, -0.2) is 8.42 Å². The summed E-state index contributed by atoms with van der Waals surface area (Å²) in [5, 5.41) is 6.18. The summed E-state index contributed by atoms with van der Waals surface area (Å²) in [6.07, 6.45) is 2.70. The minimum absolute atomic E-state index is 0.0311. The molecule has 2 saturated heterocycles. The van der Waals surface area contributed by atoms with Crippen molar-refractivity contribution in [3.63, 3.8) is 0 Å². The first-order valence-electron chi connectivity index (χ1n) is 6.87. The Labute approximate surface area is 115 Å². The minimum atomic E-state index is -3.18. The average Bonchev–Trinajstić information content (AvgIpc) is 2.68. The molecule has 19 heavy (non-hydrogen) atoms. The lowest BCUT2D eigenvalue weighted by Crippen LogP contribution is -2.45. The predicted octanol–water partition coefficient (Wildman–Crippen LogP) is -0.472. The lowest BCUT2D eigenvalue weighted by atomic mass is 9.81. The molecule has 0 spiro atoms. The summed E-state index contributed by atoms with van der Waals surface area (Å²) in [7, 11) is -3.18. The monoisotopic (exact) mass is 289 g/mol. The fourth-order valence-corrected chi connectivity index (χ4v) is 4.08. The van der Waals surface area contributed by atoms with Crippen LogP contribution in [0.3, 0.4) is 0 Å². The van der Waals surface area contributed by atoms with E-state index in [2.05, 4.69) is 17.6 Å². The molecule has 0 aliphatic carbocycles. The quantitative estimate of drug-likeness (QED) is 0.733. The van der Waals surface area contributed by atoms with E-state index in [0.717, 1.165) is 25.9 Å². The topological polar surface area (TPSA) is 78.5 Å². The molecule has 0 atom stereocenters. The van der Waals surface area contributed by atoms with Crippen molar-refractivity contribution in [1.82, 2.24) is 14.9 Å². The van der Waals surface area contributed by atoms with E-state index in [4.69, 9.17) is 0 Å². The van der Waals surface area contributed by atoms with Crippen LogP contribution in [0.25, 0.3) is 0 Å². The second-order valence-corrected chi connectivity index (χ2v) is 7.93. The molecule has 110 valence electrons. The van der Waals surface area contributed by atoms with E-state index in [9.17, 15) is 13.2 Å². The van der Waals surface area contributed by atoms with E-state index < -0.39 is 10.0 Å². The summed E-state index contributed by atoms with van der Waals surface area (Å²) < 4.78 is 24.5. The van der Waals surface area contributed by atoms with Gasteiger partial charge in [-0.15, -0.1) is 0 Å². The number of rotatable bonds is 4. The third kappa shape index (κ3) is 3.90. The zero-order valence-electron chi connectivity index (χ0n) is 11.4. The Morgan fingerprint density at radius 1 is 1.37 bits per heavy atom. The van der Waals surface area contributed by atoms with E-state index in [1.165, 1.54) is 4.31 Å². The average molecular weight is 289 g/mol. The molecule has 0 saturated carbocycles. The highest BCUT2D eigenvalue weighted by Crippen LogP contribution is 2.26. The third-order valence-electron chi connectivity index (χ3n) is 4.05. The molecule has 0 radical (unpaired) electrons. The number of carbonyl (C=O) groups is 1. The molecule has 0 unspecified atom stereocenters. The summed E-state index contributed by atoms with van der Waals surface area (Å²) in [6, 6.07) is 0. The first-order valence-corrected chi connectivity index (χ1v) is 8.48. The Morgan fingerprint density at radius 3 is 2.63 bits per heavy atom. The van der Waals surface area contributed by atoms with Crippen LogP contribution in [0.4, 0.5) is 0 Å². The second kappa shape index (κ2) is 5.76. The Hall–Kier alpha value is -0.660. The number of amides is 1. The van der Waals surface area contributed by atoms with Crippen LogP contribution in [-0.2, 0) is 14.8 Å². The van der Waals surface area contributed by atoms with E-state index >= 15 is 0 Å². The van der Waals surface area contributed by atoms with Gasteiger partial charge in [0.05, 0.1) is 12.3 Å². The number of hydrogen-bond donors (Lipinski definition) is 2. The van der Waals surface area contributed by atoms with Gasteiger partial charge in [0.2, 0.25) is 15.9 Å². The van der Waals surface area contributed by atoms with E-state index in [1.54, 1.807) is 0 Å². The van der Waals surface area contributed by atoms with E-state index in [0.29, 0.717) is 19.5 Å². The van der Waals surface area contributed by atoms with Crippen molar-refractivity contribution in [2.75, 3.05) is 38.5 Å². The second-order valence-electron chi connectivity index (χ2n) is 5.84. The summed E-state index contributed by atoms with van der Waals surface area (Å²) in [5.74, 6) is -0.0193. The molecule has 0 aromatic carbocycles. The van der Waals surface area contributed by atoms with Gasteiger partial charge in [-0.1, -0.05) is 6.92 Å². The largest absolute Gasteiger partial charge is 0.354 e. The van der Waals surface area contributed by atoms with E-state index in [-0.39, 0.29) is 23.6 Å². The zero-order valence-corrected chi connectivity index (χ0v) is 12.3. The van der Waals surface area contributed by atoms with Crippen molar-refractivity contribution in [2.45, 2.75) is 26.2 Å². The lowest BCUT2D eigenvalue weighted by molar-refractivity contribution is -0.121. The minimum Gasteiger partial charge on any atom is -0.354 e. The molecule has 7 heteroatoms. The molecule has 6 nitrogen and oxygen atoms in total. The highest BCUT2D eigenvalue weighted by Gasteiger charge is 2.31. The van der Waals surface area contributed by atoms with Gasteiger partial charge in [-0.05, 0) is 37.8 Å². The van der Waals surface area contributed by atoms with Crippen LogP contribution in [0.15, 0.2) is 0 Å². The van der Waals surface area contributed by atoms with Gasteiger partial charge in [-0.3, -0.25) is 4.79 Å². The van der Waals surface area contributed by atoms with Gasteiger partial charge in [0, 0.05) is 13.1 Å². The van der Waals surface area contributed by atoms with Crippen LogP contribution < -0.4 is 10.6 Å². The summed E-state index contributed by atoms with van der Waals surface area (Å²) in [4.78, 5) is 11.8. The van der Waals surface area contributed by atoms with Crippen LogP contribution in [0, 0.1) is 5.41 Å². The molecule has 2 rings (SSSR count). The number of hydrogen-bond acceptors (Lipinski definition) is 4. The van der Waals surface area contributed by atoms with Gasteiger partial charge < -0.3 is 10.6 Å². The van der Waals surface area contributed by atoms with Crippen molar-refractivity contribution in [3.8, 4) is 0 Å². The highest BCUT2D eigenvalue weighted by molar-refractivity contribution is 7.89. The standard InChI is InChI=1S/C12H23N3O3S/c1-12(3-5-13-6-4-12)10-14-11(16)9-15-7-2-8-19(15,17)18/h13H,2-10H2,1H3,(H,14,16). The van der Waals surface area contributed by atoms with Crippen molar-refractivity contribution < 1.29 is 13.2 Å². The number of piperidine rings is 1. The predicted molar refractivity (Wildman–Crippen MR) is 73.2 cm³/mol. The first kappa shape index (κ1) is 14.7. The van der Waals surface area contributed by atoms with Crippen molar-refractivity contribution in [3.05, 3.63) is 0 Å². The molecule has 0 aromatic rings. The van der Waals surface area contributed by atoms with Crippen LogP contribution in [0.5, 0.6) is 0 Å². The molecule has 2 fully saturated rings. The molecule has 0 aromatic heterocycles. The Morgan fingerprint density at radius 2 is 2.05 bits per heavy atom. The fourth-order valence-electron chi connectivity index (χ4n) is 2.60. The van der Waals surface area contributed by atoms with Crippen molar-refractivity contribution in [1.29, 1.82) is 0 Å². The van der Waals surface area contributed by atoms with E-state index in [1.807, 2.05) is 0 Å². The number of sulfonamides is 1. The van der Waals surface area contributed by atoms with Gasteiger partial charge in [-0.2, -0.15) is 4.31 Å². The molecule has 2 N–H and O–H groups in total. The summed E-state index contributed by atoms with van der Waals surface area (Å²) in [5.41, 5.74) is 0.130. The fraction of sp³-hybridized carbons (Fsp3) is 0.917. The molecule has 1 amide bonds. The zero-order chi connectivity index (χ0) is 13.9. The molecular formula is C12H23N3O3S. The van der Waals surface area contributed by atoms with Crippen LogP contribution in [0.1, 0.15) is 26.2 Å². The van der Waals surface area contributed by atoms with Gasteiger partial charge in [0.15, 0.2) is 0 Å². The Kier molecular flexibility index (Phi) is 4.47. The molecular weight excluding hydrogens is 266 g/mol.